The average Bonchev–Trinajstić information content (AvgIpc) is 2.79. The molecule has 1 aromatic rings. The summed E-state index contributed by atoms with van der Waals surface area (Å²) in [5.74, 6) is -2.27. The van der Waals surface area contributed by atoms with E-state index in [1.807, 2.05) is 0 Å². The summed E-state index contributed by atoms with van der Waals surface area (Å²) >= 11 is 0. The summed E-state index contributed by atoms with van der Waals surface area (Å²) < 4.78 is 14.0. The summed E-state index contributed by atoms with van der Waals surface area (Å²) in [7, 11) is 0. The first-order valence-corrected chi connectivity index (χ1v) is 8.34. The van der Waals surface area contributed by atoms with Crippen LogP contribution < -0.4 is 0 Å². The van der Waals surface area contributed by atoms with E-state index in [0.717, 1.165) is 5.56 Å². The average molecular weight is 350 g/mol. The number of hydrogen-bond donors (Lipinski definition) is 1. The topological polar surface area (TPSA) is 77.9 Å². The molecule has 2 rings (SSSR count). The molecule has 0 aromatic heterocycles. The van der Waals surface area contributed by atoms with E-state index in [9.17, 15) is 18.8 Å². The van der Waals surface area contributed by atoms with Gasteiger partial charge in [0.25, 0.3) is 5.91 Å². The molecule has 0 unspecified atom stereocenters. The number of aryl methyl sites for hydroxylation is 1. The molecule has 1 fully saturated rings. The fraction of sp³-hybridized carbons (Fsp3) is 0.500. The Balaban J connectivity index is 2.10. The summed E-state index contributed by atoms with van der Waals surface area (Å²) in [6, 6.07) is 4.20. The third-order valence-corrected chi connectivity index (χ3v) is 4.49. The number of aliphatic carboxylic acids is 1. The third-order valence-electron chi connectivity index (χ3n) is 4.49. The number of carboxylic acids is 1. The molecule has 1 aliphatic heterocycles. The Morgan fingerprint density at radius 2 is 2.00 bits per heavy atom. The molecule has 1 N–H and O–H groups in total. The van der Waals surface area contributed by atoms with Crippen molar-refractivity contribution in [2.45, 2.75) is 39.2 Å². The highest BCUT2D eigenvalue weighted by atomic mass is 19.1. The molecule has 1 heterocycles. The molecule has 25 heavy (non-hydrogen) atoms. The fourth-order valence-electron chi connectivity index (χ4n) is 3.21. The number of likely N-dealkylation sites (tertiary alicyclic amines) is 1. The van der Waals surface area contributed by atoms with E-state index < -0.39 is 11.8 Å². The van der Waals surface area contributed by atoms with Crippen molar-refractivity contribution in [3.8, 4) is 0 Å². The van der Waals surface area contributed by atoms with Gasteiger partial charge in [-0.25, -0.2) is 4.39 Å². The lowest BCUT2D eigenvalue weighted by Crippen LogP contribution is -2.43. The monoisotopic (exact) mass is 350 g/mol. The van der Waals surface area contributed by atoms with Gasteiger partial charge >= 0.3 is 5.97 Å². The van der Waals surface area contributed by atoms with Gasteiger partial charge in [-0.05, 0) is 38.3 Å². The maximum Gasteiger partial charge on any atom is 0.323 e. The minimum absolute atomic E-state index is 0.0485. The normalized spacial score (nSPS) is 17.7. The van der Waals surface area contributed by atoms with Gasteiger partial charge in [-0.1, -0.05) is 11.6 Å². The second-order valence-electron chi connectivity index (χ2n) is 6.40. The van der Waals surface area contributed by atoms with Crippen molar-refractivity contribution in [1.82, 2.24) is 9.80 Å². The minimum Gasteiger partial charge on any atom is -0.480 e. The summed E-state index contributed by atoms with van der Waals surface area (Å²) in [5, 5.41) is 8.98. The van der Waals surface area contributed by atoms with Gasteiger partial charge in [-0.3, -0.25) is 14.4 Å². The van der Waals surface area contributed by atoms with Crippen molar-refractivity contribution < 1.29 is 23.9 Å². The number of amides is 2. The van der Waals surface area contributed by atoms with Crippen molar-refractivity contribution in [3.05, 3.63) is 35.1 Å². The molecule has 0 spiro atoms. The number of carbonyl (C=O) groups excluding carboxylic acids is 2. The van der Waals surface area contributed by atoms with Crippen LogP contribution in [0.3, 0.4) is 0 Å². The fourth-order valence-corrected chi connectivity index (χ4v) is 3.21. The van der Waals surface area contributed by atoms with Crippen molar-refractivity contribution in [3.63, 3.8) is 0 Å². The number of carboxylic acid groups (broad SMARTS) is 1. The maximum absolute atomic E-state index is 14.0. The van der Waals surface area contributed by atoms with E-state index in [1.165, 1.54) is 24.0 Å². The van der Waals surface area contributed by atoms with Crippen LogP contribution in [0.25, 0.3) is 0 Å². The first-order valence-electron chi connectivity index (χ1n) is 8.34. The lowest BCUT2D eigenvalue weighted by atomic mass is 10.1. The molecule has 1 atom stereocenters. The number of halogens is 1. The van der Waals surface area contributed by atoms with E-state index in [1.54, 1.807) is 17.9 Å². The highest BCUT2D eigenvalue weighted by molar-refractivity contribution is 5.94. The molecule has 1 saturated heterocycles. The molecule has 0 aliphatic carbocycles. The van der Waals surface area contributed by atoms with Crippen molar-refractivity contribution in [2.75, 3.05) is 19.6 Å². The van der Waals surface area contributed by atoms with Crippen LogP contribution in [0, 0.1) is 12.7 Å². The second kappa shape index (κ2) is 8.09. The van der Waals surface area contributed by atoms with E-state index in [4.69, 9.17) is 5.11 Å². The molecule has 0 radical (unpaired) electrons. The van der Waals surface area contributed by atoms with Gasteiger partial charge in [0.1, 0.15) is 12.4 Å². The van der Waals surface area contributed by atoms with E-state index in [0.29, 0.717) is 32.4 Å². The number of hydrogen-bond acceptors (Lipinski definition) is 3. The van der Waals surface area contributed by atoms with Crippen molar-refractivity contribution in [2.24, 2.45) is 0 Å². The number of benzene rings is 1. The molecule has 0 bridgehead atoms. The van der Waals surface area contributed by atoms with Gasteiger partial charge < -0.3 is 14.9 Å². The van der Waals surface area contributed by atoms with Crippen LogP contribution in [-0.2, 0) is 9.59 Å². The van der Waals surface area contributed by atoms with Crippen LogP contribution >= 0.6 is 0 Å². The minimum atomic E-state index is -1.06. The van der Waals surface area contributed by atoms with Crippen LogP contribution in [0.4, 0.5) is 4.39 Å². The van der Waals surface area contributed by atoms with Crippen LogP contribution in [0.1, 0.15) is 42.1 Å². The maximum atomic E-state index is 14.0. The number of rotatable bonds is 4. The van der Waals surface area contributed by atoms with Crippen LogP contribution in [0.5, 0.6) is 0 Å². The molecule has 136 valence electrons. The molecule has 1 aliphatic rings. The lowest BCUT2D eigenvalue weighted by Gasteiger charge is -2.28. The SMILES string of the molecule is CC(=O)N(CC(=O)O)[C@@H]1CCCN(C(=O)c2cc(C)ccc2F)CC1. The molecule has 1 aromatic carbocycles. The van der Waals surface area contributed by atoms with Gasteiger partial charge in [-0.15, -0.1) is 0 Å². The van der Waals surface area contributed by atoms with Crippen LogP contribution in [0.15, 0.2) is 18.2 Å². The van der Waals surface area contributed by atoms with Crippen molar-refractivity contribution >= 4 is 17.8 Å². The highest BCUT2D eigenvalue weighted by Gasteiger charge is 2.28. The Morgan fingerprint density at radius 1 is 1.28 bits per heavy atom. The quantitative estimate of drug-likeness (QED) is 0.902. The highest BCUT2D eigenvalue weighted by Crippen LogP contribution is 2.20. The zero-order chi connectivity index (χ0) is 18.6. The molecule has 7 heteroatoms. The Morgan fingerprint density at radius 3 is 2.64 bits per heavy atom. The summed E-state index contributed by atoms with van der Waals surface area (Å²) in [6.07, 6.45) is 1.73. The van der Waals surface area contributed by atoms with Gasteiger partial charge in [-0.2, -0.15) is 0 Å². The van der Waals surface area contributed by atoms with Crippen molar-refractivity contribution in [1.29, 1.82) is 0 Å². The van der Waals surface area contributed by atoms with Gasteiger partial charge in [0, 0.05) is 26.1 Å². The first kappa shape index (κ1) is 18.9. The van der Waals surface area contributed by atoms with Gasteiger partial charge in [0.05, 0.1) is 5.56 Å². The first-order chi connectivity index (χ1) is 11.8. The zero-order valence-electron chi connectivity index (χ0n) is 14.5. The van der Waals surface area contributed by atoms with Crippen LogP contribution in [-0.4, -0.2) is 58.4 Å². The molecule has 0 saturated carbocycles. The standard InChI is InChI=1S/C18H23FN2O4/c1-12-5-6-16(19)15(10-12)18(25)20-8-3-4-14(7-9-20)21(13(2)22)11-17(23)24/h5-6,10,14H,3-4,7-9,11H2,1-2H3,(H,23,24)/t14-/m1/s1. The Bertz CT molecular complexity index is 677. The lowest BCUT2D eigenvalue weighted by molar-refractivity contribution is -0.145. The Kier molecular flexibility index (Phi) is 6.12. The molecular weight excluding hydrogens is 327 g/mol. The largest absolute Gasteiger partial charge is 0.480 e. The van der Waals surface area contributed by atoms with E-state index in [-0.39, 0.29) is 30.0 Å². The van der Waals surface area contributed by atoms with E-state index >= 15 is 0 Å². The van der Waals surface area contributed by atoms with Gasteiger partial charge in [0.2, 0.25) is 5.91 Å². The molecular formula is C18H23FN2O4. The Hall–Kier alpha value is -2.44. The number of nitrogens with zero attached hydrogens (tertiary/aromatic N) is 2. The summed E-state index contributed by atoms with van der Waals surface area (Å²) in [5.41, 5.74) is 0.856. The van der Waals surface area contributed by atoms with Gasteiger partial charge in [0.15, 0.2) is 0 Å². The second-order valence-corrected chi connectivity index (χ2v) is 6.40. The summed E-state index contributed by atoms with van der Waals surface area (Å²) in [4.78, 5) is 38.3. The Labute approximate surface area is 146 Å². The summed E-state index contributed by atoms with van der Waals surface area (Å²) in [6.45, 7) is 3.62. The molecule has 6 nitrogen and oxygen atoms in total. The zero-order valence-corrected chi connectivity index (χ0v) is 14.5. The van der Waals surface area contributed by atoms with E-state index in [2.05, 4.69) is 0 Å². The number of carbonyl (C=O) groups is 3. The predicted molar refractivity (Wildman–Crippen MR) is 89.7 cm³/mol. The predicted octanol–water partition coefficient (Wildman–Crippen LogP) is 2.06. The molecule has 2 amide bonds. The van der Waals surface area contributed by atoms with Crippen LogP contribution in [0.2, 0.25) is 0 Å². The smallest absolute Gasteiger partial charge is 0.323 e. The third kappa shape index (κ3) is 4.78.